The van der Waals surface area contributed by atoms with E-state index in [-0.39, 0.29) is 9.83 Å². The lowest BCUT2D eigenvalue weighted by molar-refractivity contribution is 0.165. The molecule has 0 bridgehead atoms. The number of thiol groups is 5. The first kappa shape index (κ1) is 13.7. The number of hydrogen-bond donors (Lipinski definition) is 6. The first-order valence-corrected chi connectivity index (χ1v) is 5.95. The lowest BCUT2D eigenvalue weighted by Crippen LogP contribution is -2.41. The summed E-state index contributed by atoms with van der Waals surface area (Å²) in [6.45, 7) is 1.87. The summed E-state index contributed by atoms with van der Waals surface area (Å²) in [6.07, 6.45) is 0.0795. The fourth-order valence-corrected chi connectivity index (χ4v) is 1.92. The normalized spacial score (nSPS) is 18.0. The van der Waals surface area contributed by atoms with Gasteiger partial charge in [0, 0.05) is 0 Å². The summed E-state index contributed by atoms with van der Waals surface area (Å²) in [5.74, 6) is 0. The van der Waals surface area contributed by atoms with E-state index >= 15 is 0 Å². The van der Waals surface area contributed by atoms with Crippen molar-refractivity contribution in [2.45, 2.75) is 33.4 Å². The molecule has 0 rings (SSSR count). The fraction of sp³-hybridized carbons (Fsp3) is 1.00. The molecule has 0 radical (unpaired) electrons. The molecule has 0 amide bonds. The third kappa shape index (κ3) is 3.46. The van der Waals surface area contributed by atoms with Gasteiger partial charge in [0.2, 0.25) is 0 Å². The van der Waals surface area contributed by atoms with E-state index < -0.39 is 10.2 Å². The summed E-state index contributed by atoms with van der Waals surface area (Å²) in [6, 6.07) is 0. The molecule has 0 spiro atoms. The first-order chi connectivity index (χ1) is 5.34. The molecule has 0 aromatic heterocycles. The summed E-state index contributed by atoms with van der Waals surface area (Å²) in [5, 5.41) is 9.12. The Morgan fingerprint density at radius 2 is 1.67 bits per heavy atom. The van der Waals surface area contributed by atoms with E-state index in [0.29, 0.717) is 6.42 Å². The van der Waals surface area contributed by atoms with Crippen LogP contribution in [0.4, 0.5) is 0 Å². The summed E-state index contributed by atoms with van der Waals surface area (Å²) in [4.78, 5) is 0. The monoisotopic (exact) mass is 262 g/mol. The lowest BCUT2D eigenvalue weighted by Gasteiger charge is -2.34. The minimum atomic E-state index is -0.787. The van der Waals surface area contributed by atoms with Crippen LogP contribution in [0.1, 0.15) is 13.3 Å². The Bertz CT molecular complexity index is 138. The van der Waals surface area contributed by atoms with Crippen molar-refractivity contribution in [1.29, 1.82) is 0 Å². The van der Waals surface area contributed by atoms with Crippen LogP contribution in [0.3, 0.4) is 0 Å². The van der Waals surface area contributed by atoms with Crippen LogP contribution in [0.15, 0.2) is 0 Å². The van der Waals surface area contributed by atoms with Gasteiger partial charge in [0.25, 0.3) is 0 Å². The zero-order valence-corrected chi connectivity index (χ0v) is 11.1. The second kappa shape index (κ2) is 5.56. The molecule has 2 atom stereocenters. The zero-order chi connectivity index (χ0) is 9.94. The second-order valence-electron chi connectivity index (χ2n) is 2.58. The number of rotatable bonds is 4. The van der Waals surface area contributed by atoms with Gasteiger partial charge in [-0.1, -0.05) is 6.92 Å². The molecule has 0 fully saturated rings. The van der Waals surface area contributed by atoms with Crippen LogP contribution in [0.2, 0.25) is 0 Å². The highest BCUT2D eigenvalue weighted by Crippen LogP contribution is 2.38. The minimum Gasteiger partial charge on any atom is -0.392 e. The van der Waals surface area contributed by atoms with Crippen molar-refractivity contribution in [3.05, 3.63) is 0 Å². The molecule has 6 heteroatoms. The van der Waals surface area contributed by atoms with Gasteiger partial charge < -0.3 is 5.11 Å². The molecule has 1 nitrogen and oxygen atoms in total. The van der Waals surface area contributed by atoms with Crippen LogP contribution < -0.4 is 0 Å². The second-order valence-corrected chi connectivity index (χ2v) is 6.41. The zero-order valence-electron chi connectivity index (χ0n) is 6.62. The molecule has 0 saturated heterocycles. The smallest absolute Gasteiger partial charge is 0.0897 e. The Morgan fingerprint density at radius 1 is 1.25 bits per heavy atom. The number of aliphatic hydroxyl groups excluding tert-OH is 1. The van der Waals surface area contributed by atoms with E-state index in [9.17, 15) is 5.11 Å². The van der Waals surface area contributed by atoms with Crippen molar-refractivity contribution >= 4 is 63.1 Å². The summed E-state index contributed by atoms with van der Waals surface area (Å²) >= 11 is 20.9. The molecule has 74 valence electrons. The van der Waals surface area contributed by atoms with Crippen LogP contribution >= 0.6 is 63.1 Å². The maximum Gasteiger partial charge on any atom is 0.0897 e. The van der Waals surface area contributed by atoms with Crippen molar-refractivity contribution in [3.63, 3.8) is 0 Å². The van der Waals surface area contributed by atoms with Gasteiger partial charge >= 0.3 is 0 Å². The quantitative estimate of drug-likeness (QED) is 0.337. The van der Waals surface area contributed by atoms with E-state index in [1.165, 1.54) is 0 Å². The van der Waals surface area contributed by atoms with Crippen LogP contribution in [0.5, 0.6) is 0 Å². The van der Waals surface area contributed by atoms with Crippen molar-refractivity contribution in [2.75, 3.05) is 0 Å². The Kier molecular flexibility index (Phi) is 6.35. The Balaban J connectivity index is 4.34. The predicted molar refractivity (Wildman–Crippen MR) is 71.5 cm³/mol. The van der Waals surface area contributed by atoms with Crippen molar-refractivity contribution < 1.29 is 5.11 Å². The Labute approximate surface area is 101 Å². The van der Waals surface area contributed by atoms with Crippen molar-refractivity contribution in [2.24, 2.45) is 0 Å². The van der Waals surface area contributed by atoms with E-state index in [4.69, 9.17) is 0 Å². The third-order valence-corrected chi connectivity index (χ3v) is 5.46. The highest BCUT2D eigenvalue weighted by atomic mass is 32.2. The molecule has 12 heavy (non-hydrogen) atoms. The molecule has 0 aromatic carbocycles. The van der Waals surface area contributed by atoms with Gasteiger partial charge in [-0.2, -0.15) is 63.1 Å². The van der Waals surface area contributed by atoms with Gasteiger partial charge in [-0.25, -0.2) is 0 Å². The third-order valence-electron chi connectivity index (χ3n) is 1.60. The predicted octanol–water partition coefficient (Wildman–Crippen LogP) is 1.80. The standard InChI is InChI=1S/C6H14OS5/c1-2-3(7)4(8)6(11,12)5(9)10/h3-5,7-12H,2H2,1H3. The van der Waals surface area contributed by atoms with Crippen molar-refractivity contribution in [1.82, 2.24) is 0 Å². The lowest BCUT2D eigenvalue weighted by atomic mass is 10.1. The maximum absolute atomic E-state index is 9.47. The topological polar surface area (TPSA) is 20.2 Å². The molecule has 0 aromatic rings. The summed E-state index contributed by atoms with van der Waals surface area (Å²) in [5.41, 5.74) is 0. The van der Waals surface area contributed by atoms with Gasteiger partial charge in [0.15, 0.2) is 0 Å². The SMILES string of the molecule is CCC(O)C(S)C(S)(S)C(S)S. The largest absolute Gasteiger partial charge is 0.392 e. The van der Waals surface area contributed by atoms with Gasteiger partial charge in [-0.05, 0) is 6.42 Å². The van der Waals surface area contributed by atoms with Gasteiger partial charge in [-0.15, -0.1) is 0 Å². The fourth-order valence-electron chi connectivity index (χ4n) is 0.659. The average Bonchev–Trinajstić information content (AvgIpc) is 2.01. The average molecular weight is 263 g/mol. The molecule has 0 aliphatic rings. The van der Waals surface area contributed by atoms with E-state index in [1.54, 1.807) is 0 Å². The van der Waals surface area contributed by atoms with Crippen LogP contribution in [-0.2, 0) is 0 Å². The van der Waals surface area contributed by atoms with Crippen molar-refractivity contribution in [3.8, 4) is 0 Å². The number of aliphatic hydroxyl groups is 1. The van der Waals surface area contributed by atoms with E-state index in [0.717, 1.165) is 0 Å². The highest BCUT2D eigenvalue weighted by molar-refractivity contribution is 8.08. The van der Waals surface area contributed by atoms with Gasteiger partial charge in [0.1, 0.15) is 0 Å². The van der Waals surface area contributed by atoms with Crippen LogP contribution in [0, 0.1) is 0 Å². The molecule has 0 aliphatic heterocycles. The molecule has 0 aliphatic carbocycles. The molecule has 2 unspecified atom stereocenters. The molecule has 0 heterocycles. The number of hydrogen-bond acceptors (Lipinski definition) is 6. The van der Waals surface area contributed by atoms with Gasteiger partial charge in [0.05, 0.1) is 20.0 Å². The van der Waals surface area contributed by atoms with Crippen LogP contribution in [-0.4, -0.2) is 25.1 Å². The maximum atomic E-state index is 9.47. The molecular weight excluding hydrogens is 248 g/mol. The molecular formula is C6H14OS5. The molecule has 0 saturated carbocycles. The Hall–Kier alpha value is 1.71. The van der Waals surface area contributed by atoms with E-state index in [2.05, 4.69) is 63.1 Å². The first-order valence-electron chi connectivity index (χ1n) is 3.51. The van der Waals surface area contributed by atoms with Gasteiger partial charge in [-0.3, -0.25) is 0 Å². The summed E-state index contributed by atoms with van der Waals surface area (Å²) in [7, 11) is 0. The molecule has 1 N–H and O–H groups in total. The minimum absolute atomic E-state index is 0.340. The Morgan fingerprint density at radius 3 is 1.92 bits per heavy atom. The summed E-state index contributed by atoms with van der Waals surface area (Å²) < 4.78 is -1.13. The van der Waals surface area contributed by atoms with Crippen LogP contribution in [0.25, 0.3) is 0 Å². The highest BCUT2D eigenvalue weighted by Gasteiger charge is 2.37. The van der Waals surface area contributed by atoms with E-state index in [1.807, 2.05) is 6.92 Å².